The van der Waals surface area contributed by atoms with Crippen LogP contribution in [0.3, 0.4) is 0 Å². The second-order valence-corrected chi connectivity index (χ2v) is 2.88. The highest BCUT2D eigenvalue weighted by Gasteiger charge is 2.10. The highest BCUT2D eigenvalue weighted by Crippen LogP contribution is 2.21. The zero-order valence-corrected chi connectivity index (χ0v) is 7.47. The molecule has 1 heterocycles. The van der Waals surface area contributed by atoms with Crippen LogP contribution in [-0.2, 0) is 0 Å². The topological polar surface area (TPSA) is 109 Å². The molecule has 5 N–H and O–H groups in total. The third-order valence-corrected chi connectivity index (χ3v) is 2.12. The molecule has 0 aliphatic carbocycles. The maximum absolute atomic E-state index is 11.0. The molecule has 5 nitrogen and oxygen atoms in total. The van der Waals surface area contributed by atoms with E-state index in [0.717, 1.165) is 0 Å². The van der Waals surface area contributed by atoms with Gasteiger partial charge in [0.25, 0.3) is 5.56 Å². The second-order valence-electron chi connectivity index (χ2n) is 2.08. The van der Waals surface area contributed by atoms with E-state index in [1.807, 2.05) is 0 Å². The van der Waals surface area contributed by atoms with Crippen molar-refractivity contribution in [3.05, 3.63) is 20.4 Å². The molecule has 6 heteroatoms. The van der Waals surface area contributed by atoms with Crippen LogP contribution in [0, 0.1) is 11.3 Å². The molecule has 12 heavy (non-hydrogen) atoms. The number of nitrogen functional groups attached to an aromatic ring is 2. The lowest BCUT2D eigenvalue weighted by Crippen LogP contribution is -2.14. The van der Waals surface area contributed by atoms with Crippen molar-refractivity contribution in [3.8, 4) is 6.07 Å². The molecule has 0 saturated carbocycles. The number of hydrogen-bond donors (Lipinski definition) is 3. The predicted octanol–water partition coefficient (Wildman–Crippen LogP) is 0.173. The van der Waals surface area contributed by atoms with Gasteiger partial charge in [-0.25, -0.2) is 0 Å². The fourth-order valence-corrected chi connectivity index (χ4v) is 1.03. The maximum Gasteiger partial charge on any atom is 0.265 e. The summed E-state index contributed by atoms with van der Waals surface area (Å²) in [5.41, 5.74) is 10.5. The van der Waals surface area contributed by atoms with E-state index in [4.69, 9.17) is 16.7 Å². The number of anilines is 2. The van der Waals surface area contributed by atoms with Gasteiger partial charge in [-0.1, -0.05) is 0 Å². The third kappa shape index (κ3) is 1.14. The molecule has 1 aromatic heterocycles. The lowest BCUT2D eigenvalue weighted by Gasteiger charge is -2.01. The molecule has 0 saturated heterocycles. The fraction of sp³-hybridized carbons (Fsp3) is 0. The van der Waals surface area contributed by atoms with E-state index in [1.54, 1.807) is 6.07 Å². The Morgan fingerprint density at radius 2 is 2.08 bits per heavy atom. The van der Waals surface area contributed by atoms with Crippen LogP contribution < -0.4 is 17.0 Å². The molecule has 0 bridgehead atoms. The van der Waals surface area contributed by atoms with Crippen molar-refractivity contribution in [2.24, 2.45) is 0 Å². The van der Waals surface area contributed by atoms with E-state index in [2.05, 4.69) is 20.9 Å². The molecule has 0 fully saturated rings. The molecular formula is C6H5BrN4O. The van der Waals surface area contributed by atoms with Crippen molar-refractivity contribution in [3.63, 3.8) is 0 Å². The lowest BCUT2D eigenvalue weighted by molar-refractivity contribution is 1.22. The molecular weight excluding hydrogens is 224 g/mol. The quantitative estimate of drug-likeness (QED) is 0.589. The zero-order valence-electron chi connectivity index (χ0n) is 5.89. The van der Waals surface area contributed by atoms with Crippen LogP contribution in [0.5, 0.6) is 0 Å². The summed E-state index contributed by atoms with van der Waals surface area (Å²) in [6.07, 6.45) is 0. The van der Waals surface area contributed by atoms with Gasteiger partial charge in [-0.2, -0.15) is 5.26 Å². The summed E-state index contributed by atoms with van der Waals surface area (Å²) in [6.45, 7) is 0. The number of hydrogen-bond acceptors (Lipinski definition) is 4. The van der Waals surface area contributed by atoms with E-state index < -0.39 is 5.56 Å². The smallest absolute Gasteiger partial charge is 0.265 e. The van der Waals surface area contributed by atoms with Crippen molar-refractivity contribution in [1.29, 1.82) is 5.26 Å². The van der Waals surface area contributed by atoms with Crippen LogP contribution in [-0.4, -0.2) is 4.98 Å². The van der Waals surface area contributed by atoms with Gasteiger partial charge in [0.1, 0.15) is 21.9 Å². The fourth-order valence-electron chi connectivity index (χ4n) is 0.737. The minimum absolute atomic E-state index is 0.0109. The van der Waals surface area contributed by atoms with Gasteiger partial charge in [-0.15, -0.1) is 0 Å². The van der Waals surface area contributed by atoms with Crippen LogP contribution in [0.25, 0.3) is 0 Å². The van der Waals surface area contributed by atoms with E-state index in [0.29, 0.717) is 0 Å². The molecule has 0 amide bonds. The highest BCUT2D eigenvalue weighted by molar-refractivity contribution is 9.10. The largest absolute Gasteiger partial charge is 0.396 e. The van der Waals surface area contributed by atoms with Crippen LogP contribution in [0.1, 0.15) is 5.56 Å². The normalized spacial score (nSPS) is 9.33. The minimum atomic E-state index is -0.441. The van der Waals surface area contributed by atoms with Gasteiger partial charge >= 0.3 is 0 Å². The maximum atomic E-state index is 11.0. The van der Waals surface area contributed by atoms with Gasteiger partial charge in [0.05, 0.1) is 5.69 Å². The Balaban J connectivity index is 3.66. The van der Waals surface area contributed by atoms with Crippen LogP contribution in [0.4, 0.5) is 11.5 Å². The predicted molar refractivity (Wildman–Crippen MR) is 48.3 cm³/mol. The summed E-state index contributed by atoms with van der Waals surface area (Å²) in [5, 5.41) is 8.56. The van der Waals surface area contributed by atoms with E-state index in [-0.39, 0.29) is 21.5 Å². The Morgan fingerprint density at radius 3 is 2.58 bits per heavy atom. The highest BCUT2D eigenvalue weighted by atomic mass is 79.9. The van der Waals surface area contributed by atoms with Gasteiger partial charge < -0.3 is 16.5 Å². The summed E-state index contributed by atoms with van der Waals surface area (Å²) in [7, 11) is 0. The number of aromatic amines is 1. The standard InChI is InChI=1S/C6H5BrN4O/c7-3-4(9)2(1-8)5(10)11-6(3)12/h(H5,9,10,11,12). The van der Waals surface area contributed by atoms with Crippen LogP contribution >= 0.6 is 15.9 Å². The van der Waals surface area contributed by atoms with Crippen molar-refractivity contribution in [1.82, 2.24) is 4.98 Å². The molecule has 0 atom stereocenters. The summed E-state index contributed by atoms with van der Waals surface area (Å²) >= 11 is 2.93. The molecule has 0 aromatic carbocycles. The van der Waals surface area contributed by atoms with E-state index >= 15 is 0 Å². The first-order chi connectivity index (χ1) is 5.57. The average Bonchev–Trinajstić information content (AvgIpc) is 2.01. The van der Waals surface area contributed by atoms with Gasteiger partial charge in [-0.3, -0.25) is 4.79 Å². The van der Waals surface area contributed by atoms with Crippen LogP contribution in [0.15, 0.2) is 9.27 Å². The Kier molecular flexibility index (Phi) is 2.06. The Morgan fingerprint density at radius 1 is 1.50 bits per heavy atom. The summed E-state index contributed by atoms with van der Waals surface area (Å²) < 4.78 is 0.133. The Labute approximate surface area is 76.1 Å². The first-order valence-electron chi connectivity index (χ1n) is 2.94. The number of nitrogens with zero attached hydrogens (tertiary/aromatic N) is 1. The average molecular weight is 229 g/mol. The third-order valence-electron chi connectivity index (χ3n) is 1.33. The summed E-state index contributed by atoms with van der Waals surface area (Å²) in [5.74, 6) is -0.0109. The van der Waals surface area contributed by atoms with Crippen molar-refractivity contribution >= 4 is 27.4 Å². The number of aromatic nitrogens is 1. The molecule has 1 rings (SSSR count). The van der Waals surface area contributed by atoms with E-state index in [9.17, 15) is 4.79 Å². The van der Waals surface area contributed by atoms with Crippen molar-refractivity contribution < 1.29 is 0 Å². The number of pyridine rings is 1. The van der Waals surface area contributed by atoms with Crippen LogP contribution in [0.2, 0.25) is 0 Å². The Bertz CT molecular complexity index is 417. The van der Waals surface area contributed by atoms with Crippen molar-refractivity contribution in [2.45, 2.75) is 0 Å². The number of rotatable bonds is 0. The summed E-state index contributed by atoms with van der Waals surface area (Å²) in [6, 6.07) is 1.78. The zero-order chi connectivity index (χ0) is 9.30. The molecule has 0 radical (unpaired) electrons. The van der Waals surface area contributed by atoms with E-state index in [1.165, 1.54) is 0 Å². The van der Waals surface area contributed by atoms with Gasteiger partial charge in [0.2, 0.25) is 0 Å². The van der Waals surface area contributed by atoms with Gasteiger partial charge in [0, 0.05) is 0 Å². The molecule has 62 valence electrons. The molecule has 0 spiro atoms. The van der Waals surface area contributed by atoms with Crippen molar-refractivity contribution in [2.75, 3.05) is 11.5 Å². The molecule has 0 unspecified atom stereocenters. The summed E-state index contributed by atoms with van der Waals surface area (Å²) in [4.78, 5) is 13.2. The molecule has 0 aliphatic heterocycles. The van der Waals surface area contributed by atoms with Gasteiger partial charge in [-0.05, 0) is 15.9 Å². The number of H-pyrrole nitrogens is 1. The van der Waals surface area contributed by atoms with Gasteiger partial charge in [0.15, 0.2) is 0 Å². The number of halogens is 1. The number of nitriles is 1. The lowest BCUT2D eigenvalue weighted by atomic mass is 10.2. The number of nitrogens with one attached hydrogen (secondary N) is 1. The first kappa shape index (κ1) is 8.62. The monoisotopic (exact) mass is 228 g/mol. The first-order valence-corrected chi connectivity index (χ1v) is 3.74. The number of nitrogens with two attached hydrogens (primary N) is 2. The minimum Gasteiger partial charge on any atom is -0.396 e. The Hall–Kier alpha value is -1.48. The second kappa shape index (κ2) is 2.87. The molecule has 1 aromatic rings. The molecule has 0 aliphatic rings. The SMILES string of the molecule is N#Cc1c(N)[nH]c(=O)c(Br)c1N.